The molecule has 0 saturated heterocycles. The Morgan fingerprint density at radius 1 is 0.324 bits per heavy atom. The van der Waals surface area contributed by atoms with Gasteiger partial charge >= 0.3 is 0 Å². The molecule has 0 aliphatic rings. The van der Waals surface area contributed by atoms with Crippen LogP contribution in [0.2, 0.25) is 0 Å². The maximum Gasteiger partial charge on any atom is 0.160 e. The van der Waals surface area contributed by atoms with E-state index in [-0.39, 0.29) is 0 Å². The monoisotopic (exact) mass is 867 g/mol. The van der Waals surface area contributed by atoms with E-state index in [2.05, 4.69) is 252 Å². The third kappa shape index (κ3) is 6.68. The molecule has 13 rings (SSSR count). The standard InChI is InChI=1S/C63H41N5/c1-5-20-42(21-6-1)55-41-56(47-29-18-31-49(39-47)67-57-36-15-13-32-51(57)52-33-14-16-37-58(52)67)65-63(64-55)48-30-17-28-46(38-48)50-34-19-35-53-54(50)40-59(43-22-7-2-8-23-43)68-62(53)60(44-24-9-3-10-25-44)61(66-68)45-26-11-4-12-27-45/h1-41H. The van der Waals surface area contributed by atoms with Crippen molar-refractivity contribution in [3.63, 3.8) is 0 Å². The first-order valence-corrected chi connectivity index (χ1v) is 23.0. The molecule has 0 saturated carbocycles. The molecular weight excluding hydrogens is 827 g/mol. The molecule has 0 radical (unpaired) electrons. The second kappa shape index (κ2) is 16.4. The van der Waals surface area contributed by atoms with Crippen molar-refractivity contribution in [2.45, 2.75) is 0 Å². The molecule has 13 aromatic rings. The van der Waals surface area contributed by atoms with Crippen LogP contribution in [0.1, 0.15) is 0 Å². The molecule has 0 atom stereocenters. The van der Waals surface area contributed by atoms with E-state index in [4.69, 9.17) is 15.1 Å². The predicted octanol–water partition coefficient (Wildman–Crippen LogP) is 16.0. The minimum absolute atomic E-state index is 0.660. The topological polar surface area (TPSA) is 48.0 Å². The van der Waals surface area contributed by atoms with E-state index in [0.717, 1.165) is 94.8 Å². The van der Waals surface area contributed by atoms with Gasteiger partial charge in [0.25, 0.3) is 0 Å². The summed E-state index contributed by atoms with van der Waals surface area (Å²) in [5, 5.41) is 10.2. The van der Waals surface area contributed by atoms with E-state index in [9.17, 15) is 0 Å². The van der Waals surface area contributed by atoms with Gasteiger partial charge in [0.2, 0.25) is 0 Å². The minimum atomic E-state index is 0.660. The number of nitrogens with zero attached hydrogens (tertiary/aromatic N) is 5. The highest BCUT2D eigenvalue weighted by Gasteiger charge is 2.23. The van der Waals surface area contributed by atoms with E-state index in [0.29, 0.717) is 5.82 Å². The summed E-state index contributed by atoms with van der Waals surface area (Å²) in [7, 11) is 0. The SMILES string of the molecule is c1ccc(-c2cc(-c3cccc(-n4c5ccccc5c5ccccc54)c3)nc(-c3cccc(-c4cccc5c4cc(-c4ccccc4)n4nc(-c6ccccc6)c(-c6ccccc6)c54)c3)n2)cc1. The molecule has 4 heterocycles. The smallest absolute Gasteiger partial charge is 0.160 e. The third-order valence-electron chi connectivity index (χ3n) is 13.1. The maximum atomic E-state index is 5.45. The quantitative estimate of drug-likeness (QED) is 0.153. The molecule has 0 unspecified atom stereocenters. The van der Waals surface area contributed by atoms with Crippen molar-refractivity contribution < 1.29 is 0 Å². The van der Waals surface area contributed by atoms with Crippen LogP contribution in [0.25, 0.3) is 122 Å². The molecule has 318 valence electrons. The molecule has 4 aromatic heterocycles. The zero-order valence-electron chi connectivity index (χ0n) is 36.9. The first kappa shape index (κ1) is 39.2. The summed E-state index contributed by atoms with van der Waals surface area (Å²) in [6.07, 6.45) is 0. The summed E-state index contributed by atoms with van der Waals surface area (Å²) in [6.45, 7) is 0. The lowest BCUT2D eigenvalue weighted by Gasteiger charge is -2.15. The highest BCUT2D eigenvalue weighted by molar-refractivity contribution is 6.13. The summed E-state index contributed by atoms with van der Waals surface area (Å²) in [5.41, 5.74) is 17.7. The van der Waals surface area contributed by atoms with Crippen LogP contribution < -0.4 is 0 Å². The molecule has 0 aliphatic heterocycles. The molecule has 0 aliphatic carbocycles. The Morgan fingerprint density at radius 2 is 0.838 bits per heavy atom. The van der Waals surface area contributed by atoms with Gasteiger partial charge in [-0.1, -0.05) is 206 Å². The van der Waals surface area contributed by atoms with Crippen LogP contribution in [0, 0.1) is 0 Å². The van der Waals surface area contributed by atoms with Crippen molar-refractivity contribution in [3.05, 3.63) is 249 Å². The Bertz CT molecular complexity index is 3950. The van der Waals surface area contributed by atoms with Crippen molar-refractivity contribution in [2.75, 3.05) is 0 Å². The van der Waals surface area contributed by atoms with E-state index in [1.54, 1.807) is 0 Å². The molecule has 0 spiro atoms. The fraction of sp³-hybridized carbons (Fsp3) is 0. The number of rotatable bonds is 8. The Labute approximate surface area is 393 Å². The Morgan fingerprint density at radius 3 is 1.53 bits per heavy atom. The van der Waals surface area contributed by atoms with Gasteiger partial charge < -0.3 is 4.57 Å². The zero-order chi connectivity index (χ0) is 45.0. The van der Waals surface area contributed by atoms with Crippen LogP contribution in [0.4, 0.5) is 0 Å². The predicted molar refractivity (Wildman–Crippen MR) is 281 cm³/mol. The van der Waals surface area contributed by atoms with E-state index < -0.39 is 0 Å². The van der Waals surface area contributed by atoms with Gasteiger partial charge in [-0.05, 0) is 64.5 Å². The lowest BCUT2D eigenvalue weighted by molar-refractivity contribution is 0.979. The number of aromatic nitrogens is 5. The summed E-state index contributed by atoms with van der Waals surface area (Å²) in [4.78, 5) is 10.7. The van der Waals surface area contributed by atoms with Crippen LogP contribution in [0.3, 0.4) is 0 Å². The number of pyridine rings is 1. The van der Waals surface area contributed by atoms with Gasteiger partial charge in [0.1, 0.15) is 5.69 Å². The first-order chi connectivity index (χ1) is 33.7. The van der Waals surface area contributed by atoms with Crippen LogP contribution in [0.15, 0.2) is 249 Å². The zero-order valence-corrected chi connectivity index (χ0v) is 36.9. The number of fused-ring (bicyclic) bond motifs is 6. The van der Waals surface area contributed by atoms with Gasteiger partial charge in [0.15, 0.2) is 5.82 Å². The van der Waals surface area contributed by atoms with Crippen molar-refractivity contribution in [1.82, 2.24) is 24.1 Å². The molecule has 0 fully saturated rings. The first-order valence-electron chi connectivity index (χ1n) is 23.0. The third-order valence-corrected chi connectivity index (χ3v) is 13.1. The fourth-order valence-corrected chi connectivity index (χ4v) is 10.0. The van der Waals surface area contributed by atoms with E-state index >= 15 is 0 Å². The molecule has 9 aromatic carbocycles. The average Bonchev–Trinajstić information content (AvgIpc) is 3.99. The van der Waals surface area contributed by atoms with E-state index in [1.807, 2.05) is 6.07 Å². The van der Waals surface area contributed by atoms with Gasteiger partial charge in [-0.25, -0.2) is 14.5 Å². The van der Waals surface area contributed by atoms with Crippen molar-refractivity contribution in [1.29, 1.82) is 0 Å². The van der Waals surface area contributed by atoms with Crippen LogP contribution in [-0.2, 0) is 0 Å². The molecule has 68 heavy (non-hydrogen) atoms. The highest BCUT2D eigenvalue weighted by Crippen LogP contribution is 2.43. The number of hydrogen-bond donors (Lipinski definition) is 0. The largest absolute Gasteiger partial charge is 0.309 e. The van der Waals surface area contributed by atoms with Crippen molar-refractivity contribution in [2.24, 2.45) is 0 Å². The fourth-order valence-electron chi connectivity index (χ4n) is 10.0. The second-order valence-electron chi connectivity index (χ2n) is 17.2. The van der Waals surface area contributed by atoms with Gasteiger partial charge in [-0.3, -0.25) is 0 Å². The number of para-hydroxylation sites is 2. The van der Waals surface area contributed by atoms with Gasteiger partial charge in [-0.15, -0.1) is 0 Å². The lowest BCUT2D eigenvalue weighted by Crippen LogP contribution is -1.98. The maximum absolute atomic E-state index is 5.45. The lowest BCUT2D eigenvalue weighted by atomic mass is 9.93. The molecule has 0 bridgehead atoms. The highest BCUT2D eigenvalue weighted by atomic mass is 15.2. The molecule has 0 N–H and O–H groups in total. The van der Waals surface area contributed by atoms with Crippen molar-refractivity contribution >= 4 is 38.1 Å². The number of benzene rings is 9. The molecule has 5 nitrogen and oxygen atoms in total. The van der Waals surface area contributed by atoms with Crippen LogP contribution >= 0.6 is 0 Å². The number of hydrogen-bond acceptors (Lipinski definition) is 3. The summed E-state index contributed by atoms with van der Waals surface area (Å²) in [5.74, 6) is 0.660. The van der Waals surface area contributed by atoms with Gasteiger partial charge in [0.05, 0.1) is 33.6 Å². The Kier molecular flexibility index (Phi) is 9.43. The van der Waals surface area contributed by atoms with Crippen molar-refractivity contribution in [3.8, 4) is 84.4 Å². The van der Waals surface area contributed by atoms with Gasteiger partial charge in [0, 0.05) is 55.2 Å². The van der Waals surface area contributed by atoms with Gasteiger partial charge in [-0.2, -0.15) is 5.10 Å². The van der Waals surface area contributed by atoms with E-state index in [1.165, 1.54) is 21.8 Å². The average molecular weight is 868 g/mol. The Hall–Kier alpha value is -9.19. The minimum Gasteiger partial charge on any atom is -0.309 e. The molecule has 5 heteroatoms. The summed E-state index contributed by atoms with van der Waals surface area (Å²) < 4.78 is 4.51. The normalized spacial score (nSPS) is 11.5. The molecular formula is C63H41N5. The summed E-state index contributed by atoms with van der Waals surface area (Å²) >= 11 is 0. The molecule has 0 amide bonds. The summed E-state index contributed by atoms with van der Waals surface area (Å²) in [6, 6.07) is 87.9. The van der Waals surface area contributed by atoms with Crippen LogP contribution in [0.5, 0.6) is 0 Å². The van der Waals surface area contributed by atoms with Crippen LogP contribution in [-0.4, -0.2) is 24.1 Å². The Balaban J connectivity index is 1.00. The second-order valence-corrected chi connectivity index (χ2v) is 17.2.